The Bertz CT molecular complexity index is 1370. The summed E-state index contributed by atoms with van der Waals surface area (Å²) in [7, 11) is 0. The molecule has 0 saturated carbocycles. The van der Waals surface area contributed by atoms with E-state index >= 15 is 0 Å². The number of aromatic amines is 1. The molecule has 0 amide bonds. The van der Waals surface area contributed by atoms with Crippen LogP contribution in [0.4, 0.5) is 18.9 Å². The van der Waals surface area contributed by atoms with Crippen LogP contribution in [-0.2, 0) is 6.18 Å². The number of aryl methyl sites for hydroxylation is 2. The first-order chi connectivity index (χ1) is 14.8. The molecule has 4 aromatic rings. The third kappa shape index (κ3) is 3.36. The molecule has 0 fully saturated rings. The fourth-order valence-electron chi connectivity index (χ4n) is 4.18. The molecular formula is C26H20F3N2+. The molecule has 0 bridgehead atoms. The average molecular weight is 417 g/mol. The van der Waals surface area contributed by atoms with Gasteiger partial charge in [0, 0.05) is 34.3 Å². The number of H-pyrrole nitrogens is 1. The lowest BCUT2D eigenvalue weighted by Crippen LogP contribution is -2.58. The summed E-state index contributed by atoms with van der Waals surface area (Å²) >= 11 is 0. The van der Waals surface area contributed by atoms with Gasteiger partial charge in [0.1, 0.15) is 0 Å². The number of fused-ring (bicyclic) bond motifs is 2. The summed E-state index contributed by atoms with van der Waals surface area (Å²) in [4.78, 5) is 6.65. The van der Waals surface area contributed by atoms with Crippen LogP contribution in [-0.4, -0.2) is 11.2 Å². The van der Waals surface area contributed by atoms with Crippen molar-refractivity contribution >= 4 is 34.0 Å². The summed E-state index contributed by atoms with van der Waals surface area (Å²) < 4.78 is 39.4. The Hall–Kier alpha value is -3.60. The lowest BCUT2D eigenvalue weighted by atomic mass is 9.89. The molecule has 154 valence electrons. The standard InChI is InChI=1S/C26H19F3N2/c1-15-3-9-19-21(13-30-23(19)11-15)25(17-5-7-18(8-6-17)26(27,28)29)22-14-31-24-12-16(2)4-10-20(22)24/h3-14,30H,1-2H3/p+1. The van der Waals surface area contributed by atoms with Gasteiger partial charge >= 0.3 is 6.18 Å². The first-order valence-corrected chi connectivity index (χ1v) is 10.0. The van der Waals surface area contributed by atoms with E-state index in [2.05, 4.69) is 34.2 Å². The fourth-order valence-corrected chi connectivity index (χ4v) is 4.18. The molecule has 0 radical (unpaired) electrons. The molecule has 0 atom stereocenters. The second kappa shape index (κ2) is 6.98. The summed E-state index contributed by atoms with van der Waals surface area (Å²) in [5.41, 5.74) is 8.17. The molecule has 0 spiro atoms. The van der Waals surface area contributed by atoms with E-state index in [4.69, 9.17) is 0 Å². The molecule has 1 aromatic heterocycles. The van der Waals surface area contributed by atoms with Crippen molar-refractivity contribution in [2.75, 3.05) is 0 Å². The topological polar surface area (TPSA) is 29.8 Å². The van der Waals surface area contributed by atoms with Crippen LogP contribution in [0.25, 0.3) is 22.0 Å². The van der Waals surface area contributed by atoms with Gasteiger partial charge in [0.15, 0.2) is 6.21 Å². The predicted molar refractivity (Wildman–Crippen MR) is 118 cm³/mol. The largest absolute Gasteiger partial charge is 0.416 e. The zero-order valence-corrected chi connectivity index (χ0v) is 17.1. The Kier molecular flexibility index (Phi) is 4.36. The number of allylic oxidation sites excluding steroid dienone is 1. The van der Waals surface area contributed by atoms with Crippen LogP contribution in [0.3, 0.4) is 0 Å². The molecule has 5 rings (SSSR count). The van der Waals surface area contributed by atoms with Crippen LogP contribution in [0, 0.1) is 13.8 Å². The Morgan fingerprint density at radius 1 is 0.871 bits per heavy atom. The Labute approximate surface area is 177 Å². The second-order valence-electron chi connectivity index (χ2n) is 7.95. The zero-order chi connectivity index (χ0) is 21.8. The third-order valence-corrected chi connectivity index (χ3v) is 5.71. The molecule has 1 aliphatic heterocycles. The number of hydrogen-bond donors (Lipinski definition) is 2. The maximum atomic E-state index is 13.1. The fraction of sp³-hybridized carbons (Fsp3) is 0.115. The molecular weight excluding hydrogens is 397 g/mol. The first kappa shape index (κ1) is 19.4. The van der Waals surface area contributed by atoms with E-state index in [1.807, 2.05) is 38.4 Å². The van der Waals surface area contributed by atoms with Gasteiger partial charge in [0.05, 0.1) is 16.7 Å². The third-order valence-electron chi connectivity index (χ3n) is 5.71. The number of halogens is 3. The van der Waals surface area contributed by atoms with E-state index in [-0.39, 0.29) is 0 Å². The van der Waals surface area contributed by atoms with E-state index in [1.165, 1.54) is 0 Å². The highest BCUT2D eigenvalue weighted by molar-refractivity contribution is 6.24. The van der Waals surface area contributed by atoms with Gasteiger partial charge < -0.3 is 4.98 Å². The van der Waals surface area contributed by atoms with Crippen LogP contribution in [0.1, 0.15) is 33.4 Å². The molecule has 3 aromatic carbocycles. The summed E-state index contributed by atoms with van der Waals surface area (Å²) in [5.74, 6) is 0. The normalized spacial score (nSPS) is 14.9. The molecule has 0 saturated heterocycles. The van der Waals surface area contributed by atoms with Gasteiger partial charge in [-0.05, 0) is 54.8 Å². The maximum Gasteiger partial charge on any atom is 0.416 e. The lowest BCUT2D eigenvalue weighted by molar-refractivity contribution is -0.342. The predicted octanol–water partition coefficient (Wildman–Crippen LogP) is 5.56. The summed E-state index contributed by atoms with van der Waals surface area (Å²) in [6.45, 7) is 4.06. The van der Waals surface area contributed by atoms with Crippen molar-refractivity contribution < 1.29 is 18.2 Å². The Balaban J connectivity index is 1.78. The van der Waals surface area contributed by atoms with Gasteiger partial charge in [-0.15, -0.1) is 0 Å². The van der Waals surface area contributed by atoms with Crippen molar-refractivity contribution in [2.24, 2.45) is 0 Å². The highest BCUT2D eigenvalue weighted by Gasteiger charge is 2.31. The molecule has 5 heteroatoms. The summed E-state index contributed by atoms with van der Waals surface area (Å²) in [6.07, 6.45) is -0.496. The van der Waals surface area contributed by atoms with Gasteiger partial charge in [-0.1, -0.05) is 30.3 Å². The van der Waals surface area contributed by atoms with Crippen molar-refractivity contribution in [2.45, 2.75) is 20.0 Å². The molecule has 1 aliphatic rings. The Morgan fingerprint density at radius 3 is 2.32 bits per heavy atom. The number of benzene rings is 3. The molecule has 2 heterocycles. The van der Waals surface area contributed by atoms with Gasteiger partial charge in [0.25, 0.3) is 0 Å². The van der Waals surface area contributed by atoms with Crippen LogP contribution < -0.4 is 4.99 Å². The SMILES string of the molecule is Cc1ccc2c(c1)[NH+]=CC2=C(c1ccc(C(F)(F)F)cc1)c1c[nH]c2cc(C)ccc12. The highest BCUT2D eigenvalue weighted by Crippen LogP contribution is 2.39. The molecule has 0 aliphatic carbocycles. The Morgan fingerprint density at radius 2 is 1.58 bits per heavy atom. The van der Waals surface area contributed by atoms with E-state index in [1.54, 1.807) is 12.1 Å². The van der Waals surface area contributed by atoms with Crippen molar-refractivity contribution in [3.05, 3.63) is 100 Å². The van der Waals surface area contributed by atoms with Crippen molar-refractivity contribution in [1.82, 2.24) is 4.98 Å². The maximum absolute atomic E-state index is 13.1. The van der Waals surface area contributed by atoms with Crippen molar-refractivity contribution in [3.8, 4) is 0 Å². The van der Waals surface area contributed by atoms with Crippen molar-refractivity contribution in [1.29, 1.82) is 0 Å². The minimum Gasteiger partial charge on any atom is -0.361 e. The quantitative estimate of drug-likeness (QED) is 0.428. The molecule has 2 nitrogen and oxygen atoms in total. The second-order valence-corrected chi connectivity index (χ2v) is 7.95. The number of alkyl halides is 3. The summed E-state index contributed by atoms with van der Waals surface area (Å²) in [5, 5.41) is 1.03. The monoisotopic (exact) mass is 417 g/mol. The average Bonchev–Trinajstić information content (AvgIpc) is 3.32. The van der Waals surface area contributed by atoms with E-state index in [0.29, 0.717) is 0 Å². The lowest BCUT2D eigenvalue weighted by Gasteiger charge is -2.12. The van der Waals surface area contributed by atoms with Crippen molar-refractivity contribution in [3.63, 3.8) is 0 Å². The summed E-state index contributed by atoms with van der Waals surface area (Å²) in [6, 6.07) is 17.7. The van der Waals surface area contributed by atoms with E-state index in [9.17, 15) is 13.2 Å². The van der Waals surface area contributed by atoms with E-state index < -0.39 is 11.7 Å². The number of rotatable bonds is 2. The van der Waals surface area contributed by atoms with Crippen LogP contribution in [0.15, 0.2) is 66.9 Å². The highest BCUT2D eigenvalue weighted by atomic mass is 19.4. The van der Waals surface area contributed by atoms with Gasteiger partial charge in [-0.25, -0.2) is 4.99 Å². The molecule has 2 N–H and O–H groups in total. The van der Waals surface area contributed by atoms with E-state index in [0.717, 1.165) is 67.7 Å². The van der Waals surface area contributed by atoms with Gasteiger partial charge in [-0.3, -0.25) is 0 Å². The van der Waals surface area contributed by atoms with Crippen LogP contribution in [0.5, 0.6) is 0 Å². The van der Waals surface area contributed by atoms with Crippen LogP contribution >= 0.6 is 0 Å². The minimum atomic E-state index is -4.37. The number of hydrogen-bond acceptors (Lipinski definition) is 0. The van der Waals surface area contributed by atoms with Crippen LogP contribution in [0.2, 0.25) is 0 Å². The zero-order valence-electron chi connectivity index (χ0n) is 17.1. The number of nitrogens with one attached hydrogen (secondary N) is 2. The first-order valence-electron chi connectivity index (χ1n) is 10.0. The number of aromatic nitrogens is 1. The minimum absolute atomic E-state index is 0.653. The molecule has 31 heavy (non-hydrogen) atoms. The molecule has 0 unspecified atom stereocenters. The van der Waals surface area contributed by atoms with Gasteiger partial charge in [-0.2, -0.15) is 13.2 Å². The van der Waals surface area contributed by atoms with Gasteiger partial charge in [0.2, 0.25) is 5.69 Å². The smallest absolute Gasteiger partial charge is 0.361 e.